The number of nitrogens with zero attached hydrogens (tertiary/aromatic N) is 5. The van der Waals surface area contributed by atoms with E-state index < -0.39 is 35.4 Å². The van der Waals surface area contributed by atoms with Gasteiger partial charge in [-0.05, 0) is 43.7 Å². The van der Waals surface area contributed by atoms with Crippen LogP contribution in [0, 0.1) is 18.6 Å². The van der Waals surface area contributed by atoms with Crippen molar-refractivity contribution in [1.82, 2.24) is 29.3 Å². The summed E-state index contributed by atoms with van der Waals surface area (Å²) in [5.74, 6) is -3.89. The zero-order valence-electron chi connectivity index (χ0n) is 20.1. The van der Waals surface area contributed by atoms with E-state index in [1.54, 1.807) is 32.0 Å². The van der Waals surface area contributed by atoms with Gasteiger partial charge in [0.25, 0.3) is 5.56 Å². The van der Waals surface area contributed by atoms with E-state index in [1.165, 1.54) is 17.1 Å². The smallest absolute Gasteiger partial charge is 0.475 e. The van der Waals surface area contributed by atoms with E-state index in [2.05, 4.69) is 30.2 Å². The Morgan fingerprint density at radius 3 is 2.41 bits per heavy atom. The fraction of sp³-hybridized carbons (Fsp3) is 0.167. The largest absolute Gasteiger partial charge is 0.490 e. The quantitative estimate of drug-likeness (QED) is 0.281. The van der Waals surface area contributed by atoms with Gasteiger partial charge in [-0.2, -0.15) is 13.2 Å². The Hall–Kier alpha value is -4.95. The molecule has 0 fully saturated rings. The number of carboxylic acids is 1. The molecule has 4 aromatic heterocycles. The number of H-pyrrole nitrogens is 1. The molecule has 0 saturated heterocycles. The summed E-state index contributed by atoms with van der Waals surface area (Å²) in [6.07, 6.45) is -2.20. The van der Waals surface area contributed by atoms with Gasteiger partial charge in [0.1, 0.15) is 29.1 Å². The van der Waals surface area contributed by atoms with Gasteiger partial charge in [0, 0.05) is 11.8 Å². The van der Waals surface area contributed by atoms with Gasteiger partial charge in [-0.3, -0.25) is 9.20 Å². The first kappa shape index (κ1) is 27.1. The molecule has 3 N–H and O–H groups in total. The first-order valence-corrected chi connectivity index (χ1v) is 11.1. The number of anilines is 1. The van der Waals surface area contributed by atoms with Crippen LogP contribution in [-0.2, 0) is 4.79 Å². The maximum absolute atomic E-state index is 14.0. The first-order chi connectivity index (χ1) is 18.4. The van der Waals surface area contributed by atoms with Crippen molar-refractivity contribution in [2.75, 3.05) is 5.32 Å². The number of rotatable bonds is 4. The fourth-order valence-corrected chi connectivity index (χ4v) is 3.78. The van der Waals surface area contributed by atoms with Gasteiger partial charge >= 0.3 is 12.1 Å². The lowest BCUT2D eigenvalue weighted by atomic mass is 10.0. The van der Waals surface area contributed by atoms with Crippen molar-refractivity contribution in [2.24, 2.45) is 0 Å². The predicted molar refractivity (Wildman–Crippen MR) is 129 cm³/mol. The Bertz CT molecular complexity index is 1730. The Morgan fingerprint density at radius 2 is 1.77 bits per heavy atom. The van der Waals surface area contributed by atoms with Crippen LogP contribution >= 0.6 is 0 Å². The SMILES string of the molecule is Cc1cccc2nc(C(C)Nc3ncnc4[nH]cnc34)c(-c3cc(F)cc(F)c3)c(=O)n12.O=C(O)C(F)(F)F. The topological polar surface area (TPSA) is 138 Å². The van der Waals surface area contributed by atoms with Crippen LogP contribution in [0.4, 0.5) is 27.8 Å². The number of halogens is 5. The van der Waals surface area contributed by atoms with Crippen molar-refractivity contribution in [3.63, 3.8) is 0 Å². The van der Waals surface area contributed by atoms with Crippen LogP contribution in [0.3, 0.4) is 0 Å². The molecule has 5 aromatic rings. The third-order valence-corrected chi connectivity index (χ3v) is 5.45. The minimum atomic E-state index is -5.08. The van der Waals surface area contributed by atoms with Gasteiger partial charge in [0.15, 0.2) is 11.5 Å². The first-order valence-electron chi connectivity index (χ1n) is 11.1. The summed E-state index contributed by atoms with van der Waals surface area (Å²) in [4.78, 5) is 42.6. The number of aromatic nitrogens is 6. The van der Waals surface area contributed by atoms with Gasteiger partial charge in [0.2, 0.25) is 0 Å². The average molecular weight is 547 g/mol. The lowest BCUT2D eigenvalue weighted by Gasteiger charge is -2.19. The second-order valence-electron chi connectivity index (χ2n) is 8.19. The van der Waals surface area contributed by atoms with Crippen molar-refractivity contribution >= 4 is 28.6 Å². The number of hydrogen-bond donors (Lipinski definition) is 3. The molecule has 0 aliphatic carbocycles. The number of imidazole rings is 1. The van der Waals surface area contributed by atoms with E-state index in [0.717, 1.165) is 18.2 Å². The molecule has 0 amide bonds. The number of hydrogen-bond acceptors (Lipinski definition) is 7. The van der Waals surface area contributed by atoms with Crippen molar-refractivity contribution in [3.05, 3.63) is 82.4 Å². The monoisotopic (exact) mass is 547 g/mol. The molecule has 0 saturated carbocycles. The summed E-state index contributed by atoms with van der Waals surface area (Å²) in [6.45, 7) is 3.55. The van der Waals surface area contributed by atoms with E-state index in [0.29, 0.717) is 34.0 Å². The number of fused-ring (bicyclic) bond motifs is 2. The summed E-state index contributed by atoms with van der Waals surface area (Å²) >= 11 is 0. The van der Waals surface area contributed by atoms with Crippen LogP contribution in [-0.4, -0.2) is 46.6 Å². The summed E-state index contributed by atoms with van der Waals surface area (Å²) in [6, 6.07) is 7.72. The number of carbonyl (C=O) groups is 1. The third-order valence-electron chi connectivity index (χ3n) is 5.45. The minimum Gasteiger partial charge on any atom is -0.475 e. The fourth-order valence-electron chi connectivity index (χ4n) is 3.78. The highest BCUT2D eigenvalue weighted by molar-refractivity contribution is 5.82. The van der Waals surface area contributed by atoms with Crippen LogP contribution in [0.5, 0.6) is 0 Å². The molecule has 202 valence electrons. The highest BCUT2D eigenvalue weighted by atomic mass is 19.4. The van der Waals surface area contributed by atoms with E-state index in [4.69, 9.17) is 9.90 Å². The summed E-state index contributed by atoms with van der Waals surface area (Å²) in [5, 5.41) is 10.3. The highest BCUT2D eigenvalue weighted by Crippen LogP contribution is 2.29. The van der Waals surface area contributed by atoms with Crippen LogP contribution in [0.15, 0.2) is 53.8 Å². The normalized spacial score (nSPS) is 12.2. The number of aromatic amines is 1. The predicted octanol–water partition coefficient (Wildman–Crippen LogP) is 4.42. The molecule has 39 heavy (non-hydrogen) atoms. The number of aryl methyl sites for hydroxylation is 1. The molecule has 0 spiro atoms. The lowest BCUT2D eigenvalue weighted by Crippen LogP contribution is -2.24. The van der Waals surface area contributed by atoms with Crippen LogP contribution in [0.25, 0.3) is 27.9 Å². The molecule has 5 rings (SSSR count). The second kappa shape index (κ2) is 10.4. The van der Waals surface area contributed by atoms with E-state index in [-0.39, 0.29) is 11.1 Å². The molecule has 0 radical (unpaired) electrons. The summed E-state index contributed by atoms with van der Waals surface area (Å²) in [7, 11) is 0. The minimum absolute atomic E-state index is 0.0996. The maximum Gasteiger partial charge on any atom is 0.490 e. The molecule has 0 aliphatic rings. The Morgan fingerprint density at radius 1 is 1.10 bits per heavy atom. The molecule has 0 bridgehead atoms. The number of benzene rings is 1. The Balaban J connectivity index is 0.000000448. The zero-order valence-corrected chi connectivity index (χ0v) is 20.1. The number of carboxylic acid groups (broad SMARTS) is 1. The third kappa shape index (κ3) is 5.66. The van der Waals surface area contributed by atoms with Crippen LogP contribution in [0.2, 0.25) is 0 Å². The highest BCUT2D eigenvalue weighted by Gasteiger charge is 2.38. The number of alkyl halides is 3. The van der Waals surface area contributed by atoms with E-state index >= 15 is 0 Å². The van der Waals surface area contributed by atoms with Gasteiger partial charge < -0.3 is 15.4 Å². The molecule has 1 unspecified atom stereocenters. The van der Waals surface area contributed by atoms with Crippen molar-refractivity contribution < 1.29 is 31.9 Å². The van der Waals surface area contributed by atoms with E-state index in [1.807, 2.05) is 0 Å². The van der Waals surface area contributed by atoms with Gasteiger partial charge in [0.05, 0.1) is 23.6 Å². The van der Waals surface area contributed by atoms with Crippen molar-refractivity contribution in [1.29, 1.82) is 0 Å². The van der Waals surface area contributed by atoms with Crippen molar-refractivity contribution in [3.8, 4) is 11.1 Å². The molecular formula is C24H18F5N7O3. The molecular weight excluding hydrogens is 529 g/mol. The second-order valence-corrected chi connectivity index (χ2v) is 8.19. The molecule has 1 aromatic carbocycles. The van der Waals surface area contributed by atoms with E-state index in [9.17, 15) is 26.7 Å². The standard InChI is InChI=1S/C22H17F2N7O.C2HF3O2/c1-11-4-3-5-16-30-18(12(2)29-21-19-20(26-9-25-19)27-10-28-21)17(22(32)31(11)16)13-6-14(23)8-15(24)7-13;3-2(4,5)1(6)7/h3-10,12H,1-2H3,(H2,25,26,27,28,29);(H,6,7). The lowest BCUT2D eigenvalue weighted by molar-refractivity contribution is -0.192. The number of aliphatic carboxylic acids is 1. The number of nitrogens with one attached hydrogen (secondary N) is 2. The molecule has 1 atom stereocenters. The average Bonchev–Trinajstić information content (AvgIpc) is 3.33. The van der Waals surface area contributed by atoms with Gasteiger partial charge in [-0.15, -0.1) is 0 Å². The van der Waals surface area contributed by atoms with Gasteiger partial charge in [-0.25, -0.2) is 33.5 Å². The molecule has 10 nitrogen and oxygen atoms in total. The Labute approximate surface area is 215 Å². The Kier molecular flexibility index (Phi) is 7.25. The molecule has 0 aliphatic heterocycles. The maximum atomic E-state index is 14.0. The van der Waals surface area contributed by atoms with Gasteiger partial charge in [-0.1, -0.05) is 6.07 Å². The van der Waals surface area contributed by atoms with Crippen LogP contribution < -0.4 is 10.9 Å². The molecule has 4 heterocycles. The summed E-state index contributed by atoms with van der Waals surface area (Å²) in [5.41, 5.74) is 2.25. The van der Waals surface area contributed by atoms with Crippen LogP contribution in [0.1, 0.15) is 24.4 Å². The summed E-state index contributed by atoms with van der Waals surface area (Å²) < 4.78 is 61.2. The van der Waals surface area contributed by atoms with Crippen molar-refractivity contribution in [2.45, 2.75) is 26.1 Å². The zero-order chi connectivity index (χ0) is 28.5. The molecule has 15 heteroatoms. The number of pyridine rings is 1.